The minimum absolute atomic E-state index is 0.0328. The van der Waals surface area contributed by atoms with Crippen LogP contribution in [0.4, 0.5) is 0 Å². The summed E-state index contributed by atoms with van der Waals surface area (Å²) < 4.78 is 0. The Morgan fingerprint density at radius 1 is 1.33 bits per heavy atom. The van der Waals surface area contributed by atoms with Crippen LogP contribution in [0.3, 0.4) is 0 Å². The zero-order valence-electron chi connectivity index (χ0n) is 9.43. The molecule has 0 spiro atoms. The number of hydrogen-bond donors (Lipinski definition) is 3. The van der Waals surface area contributed by atoms with Gasteiger partial charge in [-0.2, -0.15) is 0 Å². The zero-order chi connectivity index (χ0) is 10.9. The van der Waals surface area contributed by atoms with Crippen LogP contribution < -0.4 is 16.4 Å². The Balaban J connectivity index is 2.14. The molecule has 0 bridgehead atoms. The van der Waals surface area contributed by atoms with Gasteiger partial charge in [0.15, 0.2) is 0 Å². The Bertz CT molecular complexity index is 177. The van der Waals surface area contributed by atoms with E-state index in [9.17, 15) is 4.79 Å². The van der Waals surface area contributed by atoms with Gasteiger partial charge in [-0.1, -0.05) is 12.8 Å². The molecule has 0 aliphatic carbocycles. The van der Waals surface area contributed by atoms with Gasteiger partial charge >= 0.3 is 0 Å². The fourth-order valence-electron chi connectivity index (χ4n) is 1.86. The van der Waals surface area contributed by atoms with Crippen LogP contribution in [0.1, 0.15) is 38.5 Å². The van der Waals surface area contributed by atoms with E-state index < -0.39 is 0 Å². The molecule has 1 aliphatic rings. The third-order valence-electron chi connectivity index (χ3n) is 2.81. The van der Waals surface area contributed by atoms with E-state index in [2.05, 4.69) is 10.6 Å². The largest absolute Gasteiger partial charge is 0.355 e. The van der Waals surface area contributed by atoms with Gasteiger partial charge in [-0.15, -0.1) is 0 Å². The van der Waals surface area contributed by atoms with Crippen LogP contribution in [0.25, 0.3) is 0 Å². The van der Waals surface area contributed by atoms with Crippen molar-refractivity contribution in [3.63, 3.8) is 0 Å². The maximum atomic E-state index is 11.7. The summed E-state index contributed by atoms with van der Waals surface area (Å²) in [6.07, 6.45) is 6.53. The number of rotatable bonds is 5. The van der Waals surface area contributed by atoms with Gasteiger partial charge in [-0.05, 0) is 38.8 Å². The molecule has 1 rings (SSSR count). The van der Waals surface area contributed by atoms with E-state index in [1.807, 2.05) is 0 Å². The summed E-state index contributed by atoms with van der Waals surface area (Å²) in [6, 6.07) is 0.0328. The van der Waals surface area contributed by atoms with Crippen molar-refractivity contribution in [2.45, 2.75) is 44.6 Å². The average molecular weight is 213 g/mol. The van der Waals surface area contributed by atoms with Gasteiger partial charge in [0.2, 0.25) is 5.91 Å². The number of nitrogens with one attached hydrogen (secondary N) is 2. The molecule has 0 saturated carbocycles. The summed E-state index contributed by atoms with van der Waals surface area (Å²) in [6.45, 7) is 2.44. The summed E-state index contributed by atoms with van der Waals surface area (Å²) in [5.41, 5.74) is 5.38. The van der Waals surface area contributed by atoms with E-state index >= 15 is 0 Å². The molecule has 4 nitrogen and oxygen atoms in total. The lowest BCUT2D eigenvalue weighted by molar-refractivity contribution is -0.123. The van der Waals surface area contributed by atoms with Gasteiger partial charge in [0.25, 0.3) is 0 Å². The summed E-state index contributed by atoms with van der Waals surface area (Å²) in [4.78, 5) is 11.7. The van der Waals surface area contributed by atoms with E-state index in [0.29, 0.717) is 6.54 Å². The van der Waals surface area contributed by atoms with Crippen molar-refractivity contribution in [1.29, 1.82) is 0 Å². The minimum Gasteiger partial charge on any atom is -0.355 e. The highest BCUT2D eigenvalue weighted by Gasteiger charge is 2.18. The Labute approximate surface area is 92.0 Å². The second kappa shape index (κ2) is 7.65. The molecule has 0 aromatic carbocycles. The zero-order valence-corrected chi connectivity index (χ0v) is 9.43. The van der Waals surface area contributed by atoms with Crippen molar-refractivity contribution >= 4 is 5.91 Å². The molecular weight excluding hydrogens is 190 g/mol. The number of carbonyl (C=O) groups is 1. The van der Waals surface area contributed by atoms with E-state index in [1.165, 1.54) is 12.8 Å². The minimum atomic E-state index is 0.0328. The Hall–Kier alpha value is -0.610. The van der Waals surface area contributed by atoms with Gasteiger partial charge < -0.3 is 16.4 Å². The molecule has 4 heteroatoms. The maximum Gasteiger partial charge on any atom is 0.237 e. The Morgan fingerprint density at radius 2 is 2.20 bits per heavy atom. The second-order valence-corrected chi connectivity index (χ2v) is 4.14. The molecule has 15 heavy (non-hydrogen) atoms. The highest BCUT2D eigenvalue weighted by molar-refractivity contribution is 5.81. The highest BCUT2D eigenvalue weighted by Crippen LogP contribution is 2.08. The molecule has 1 saturated heterocycles. The molecule has 1 heterocycles. The normalized spacial score (nSPS) is 22.1. The predicted molar refractivity (Wildman–Crippen MR) is 61.6 cm³/mol. The molecular formula is C11H23N3O. The third kappa shape index (κ3) is 5.14. The lowest BCUT2D eigenvalue weighted by atomic mass is 10.1. The number of nitrogens with two attached hydrogens (primary N) is 1. The van der Waals surface area contributed by atoms with E-state index in [1.54, 1.807) is 0 Å². The van der Waals surface area contributed by atoms with Crippen LogP contribution in [0.2, 0.25) is 0 Å². The Kier molecular flexibility index (Phi) is 6.36. The van der Waals surface area contributed by atoms with Crippen molar-refractivity contribution < 1.29 is 4.79 Å². The fourth-order valence-corrected chi connectivity index (χ4v) is 1.86. The molecule has 4 N–H and O–H groups in total. The van der Waals surface area contributed by atoms with Crippen LogP contribution in [0.15, 0.2) is 0 Å². The third-order valence-corrected chi connectivity index (χ3v) is 2.81. The van der Waals surface area contributed by atoms with Gasteiger partial charge in [-0.3, -0.25) is 4.79 Å². The molecule has 1 unspecified atom stereocenters. The number of amides is 1. The second-order valence-electron chi connectivity index (χ2n) is 4.14. The summed E-state index contributed by atoms with van der Waals surface area (Å²) in [5.74, 6) is 0.161. The summed E-state index contributed by atoms with van der Waals surface area (Å²) >= 11 is 0. The van der Waals surface area contributed by atoms with Crippen LogP contribution in [-0.4, -0.2) is 31.6 Å². The molecule has 1 amide bonds. The van der Waals surface area contributed by atoms with Gasteiger partial charge in [0.05, 0.1) is 6.04 Å². The van der Waals surface area contributed by atoms with E-state index in [4.69, 9.17) is 5.73 Å². The molecule has 1 fully saturated rings. The van der Waals surface area contributed by atoms with Crippen LogP contribution in [0.5, 0.6) is 0 Å². The fraction of sp³-hybridized carbons (Fsp3) is 0.909. The first kappa shape index (κ1) is 12.5. The SMILES string of the molecule is NCCCCNC(=O)C1CCCCCN1. The molecule has 1 atom stereocenters. The number of unbranched alkanes of at least 4 members (excludes halogenated alkanes) is 1. The van der Waals surface area contributed by atoms with Crippen molar-refractivity contribution in [3.8, 4) is 0 Å². The average Bonchev–Trinajstić information content (AvgIpc) is 2.52. The smallest absolute Gasteiger partial charge is 0.237 e. The van der Waals surface area contributed by atoms with Crippen molar-refractivity contribution in [1.82, 2.24) is 10.6 Å². The number of carbonyl (C=O) groups excluding carboxylic acids is 1. The predicted octanol–water partition coefficient (Wildman–Crippen LogP) is 0.374. The molecule has 88 valence electrons. The van der Waals surface area contributed by atoms with Gasteiger partial charge in [0.1, 0.15) is 0 Å². The summed E-state index contributed by atoms with van der Waals surface area (Å²) in [5, 5.41) is 6.24. The monoisotopic (exact) mass is 213 g/mol. The standard InChI is InChI=1S/C11H23N3O/c12-7-3-5-9-14-11(15)10-6-2-1-4-8-13-10/h10,13H,1-9,12H2,(H,14,15). The van der Waals surface area contributed by atoms with E-state index in [0.717, 1.165) is 38.8 Å². The van der Waals surface area contributed by atoms with Crippen LogP contribution >= 0.6 is 0 Å². The first-order valence-electron chi connectivity index (χ1n) is 6.06. The molecule has 0 radical (unpaired) electrons. The molecule has 1 aliphatic heterocycles. The topological polar surface area (TPSA) is 67.1 Å². The van der Waals surface area contributed by atoms with Crippen molar-refractivity contribution in [2.24, 2.45) is 5.73 Å². The van der Waals surface area contributed by atoms with Crippen LogP contribution in [0, 0.1) is 0 Å². The number of hydrogen-bond acceptors (Lipinski definition) is 3. The molecule has 0 aromatic heterocycles. The van der Waals surface area contributed by atoms with Gasteiger partial charge in [0, 0.05) is 6.54 Å². The van der Waals surface area contributed by atoms with E-state index in [-0.39, 0.29) is 11.9 Å². The lowest BCUT2D eigenvalue weighted by Gasteiger charge is -2.15. The Morgan fingerprint density at radius 3 is 3.00 bits per heavy atom. The van der Waals surface area contributed by atoms with Crippen molar-refractivity contribution in [3.05, 3.63) is 0 Å². The van der Waals surface area contributed by atoms with Gasteiger partial charge in [-0.25, -0.2) is 0 Å². The van der Waals surface area contributed by atoms with Crippen LogP contribution in [-0.2, 0) is 4.79 Å². The van der Waals surface area contributed by atoms with Crippen molar-refractivity contribution in [2.75, 3.05) is 19.6 Å². The molecule has 0 aromatic rings. The lowest BCUT2D eigenvalue weighted by Crippen LogP contribution is -2.44. The maximum absolute atomic E-state index is 11.7. The first-order valence-corrected chi connectivity index (χ1v) is 6.06. The first-order chi connectivity index (χ1) is 7.34. The summed E-state index contributed by atoms with van der Waals surface area (Å²) in [7, 11) is 0. The highest BCUT2D eigenvalue weighted by atomic mass is 16.2. The quantitative estimate of drug-likeness (QED) is 0.578.